The number of hydrogen-bond acceptors (Lipinski definition) is 6. The smallest absolute Gasteiger partial charge is 0.258 e. The van der Waals surface area contributed by atoms with Gasteiger partial charge >= 0.3 is 0 Å². The van der Waals surface area contributed by atoms with Crippen LogP contribution >= 0.6 is 0 Å². The summed E-state index contributed by atoms with van der Waals surface area (Å²) in [5, 5.41) is 8.31. The first-order chi connectivity index (χ1) is 18.0. The third-order valence-electron chi connectivity index (χ3n) is 8.45. The first-order valence-electron chi connectivity index (χ1n) is 13.6. The molecule has 2 fully saturated rings. The maximum atomic E-state index is 13.6. The second kappa shape index (κ2) is 9.72. The second-order valence-electron chi connectivity index (χ2n) is 11.8. The maximum Gasteiger partial charge on any atom is 0.258 e. The number of likely N-dealkylation sites (tertiary alicyclic amines) is 1. The van der Waals surface area contributed by atoms with Crippen LogP contribution < -0.4 is 16.8 Å². The van der Waals surface area contributed by atoms with Crippen molar-refractivity contribution in [2.75, 3.05) is 25.0 Å². The van der Waals surface area contributed by atoms with E-state index in [0.717, 1.165) is 43.9 Å². The maximum absolute atomic E-state index is 13.6. The van der Waals surface area contributed by atoms with E-state index >= 15 is 0 Å². The third-order valence-corrected chi connectivity index (χ3v) is 8.45. The molecule has 2 aromatic rings. The van der Waals surface area contributed by atoms with E-state index in [1.54, 1.807) is 6.07 Å². The van der Waals surface area contributed by atoms with E-state index in [4.69, 9.17) is 16.6 Å². The average Bonchev–Trinajstić information content (AvgIpc) is 3.63. The molecule has 204 valence electrons. The largest absolute Gasteiger partial charge is 0.382 e. The fourth-order valence-corrected chi connectivity index (χ4v) is 5.86. The van der Waals surface area contributed by atoms with E-state index in [0.29, 0.717) is 34.8 Å². The third kappa shape index (κ3) is 4.89. The molecule has 1 unspecified atom stereocenters. The lowest BCUT2D eigenvalue weighted by atomic mass is 9.87. The number of carbonyl (C=O) groups excluding carboxylic acids is 3. The molecule has 5 rings (SSSR count). The Balaban J connectivity index is 1.43. The Kier molecular flexibility index (Phi) is 6.71. The highest BCUT2D eigenvalue weighted by Gasteiger charge is 2.43. The van der Waals surface area contributed by atoms with Crippen molar-refractivity contribution in [2.45, 2.75) is 77.4 Å². The number of carbonyl (C=O) groups is 3. The topological polar surface area (TPSA) is 140 Å². The zero-order chi connectivity index (χ0) is 27.4. The lowest BCUT2D eigenvalue weighted by molar-refractivity contribution is -0.123. The number of hydrogen-bond donors (Lipinski definition) is 3. The van der Waals surface area contributed by atoms with Crippen molar-refractivity contribution in [3.05, 3.63) is 40.7 Å². The normalized spacial score (nSPS) is 20.7. The Morgan fingerprint density at radius 3 is 2.45 bits per heavy atom. The first-order valence-corrected chi connectivity index (χ1v) is 13.6. The molecule has 5 N–H and O–H groups in total. The summed E-state index contributed by atoms with van der Waals surface area (Å²) in [6.07, 6.45) is 4.68. The monoisotopic (exact) mass is 521 g/mol. The van der Waals surface area contributed by atoms with E-state index in [9.17, 15) is 14.4 Å². The number of amides is 3. The van der Waals surface area contributed by atoms with E-state index in [-0.39, 0.29) is 29.4 Å². The van der Waals surface area contributed by atoms with E-state index in [1.807, 2.05) is 35.6 Å². The van der Waals surface area contributed by atoms with Crippen molar-refractivity contribution in [3.63, 3.8) is 0 Å². The summed E-state index contributed by atoms with van der Waals surface area (Å²) in [4.78, 5) is 41.6. The summed E-state index contributed by atoms with van der Waals surface area (Å²) in [5.41, 5.74) is 15.0. The minimum Gasteiger partial charge on any atom is -0.382 e. The van der Waals surface area contributed by atoms with Crippen molar-refractivity contribution < 1.29 is 14.4 Å². The number of nitrogens with two attached hydrogens (primary N) is 2. The molecule has 3 amide bonds. The summed E-state index contributed by atoms with van der Waals surface area (Å²) in [7, 11) is 0. The molecular formula is C28H39N7O3. The van der Waals surface area contributed by atoms with E-state index < -0.39 is 5.91 Å². The lowest BCUT2D eigenvalue weighted by Gasteiger charge is -2.42. The molecule has 0 radical (unpaired) electrons. The van der Waals surface area contributed by atoms with Crippen LogP contribution in [0.4, 0.5) is 5.69 Å². The van der Waals surface area contributed by atoms with Crippen molar-refractivity contribution in [2.24, 2.45) is 17.4 Å². The number of benzene rings is 1. The van der Waals surface area contributed by atoms with Crippen LogP contribution in [0, 0.1) is 12.8 Å². The number of aryl methyl sites for hydroxylation is 1. The summed E-state index contributed by atoms with van der Waals surface area (Å²) in [6.45, 7) is 10.2. The summed E-state index contributed by atoms with van der Waals surface area (Å²) < 4.78 is 1.85. The second-order valence-corrected chi connectivity index (χ2v) is 11.8. The van der Waals surface area contributed by atoms with E-state index in [1.165, 1.54) is 12.8 Å². The summed E-state index contributed by atoms with van der Waals surface area (Å²) in [5.74, 6) is -0.174. The molecule has 10 nitrogen and oxygen atoms in total. The van der Waals surface area contributed by atoms with Crippen LogP contribution in [0.15, 0.2) is 18.2 Å². The Morgan fingerprint density at radius 1 is 1.16 bits per heavy atom. The molecule has 3 heterocycles. The Labute approximate surface area is 223 Å². The highest BCUT2D eigenvalue weighted by atomic mass is 16.2. The van der Waals surface area contributed by atoms with Gasteiger partial charge in [0.2, 0.25) is 5.91 Å². The molecule has 10 heteroatoms. The molecule has 1 atom stereocenters. The molecule has 1 saturated heterocycles. The van der Waals surface area contributed by atoms with Crippen LogP contribution in [0.1, 0.15) is 78.6 Å². The minimum absolute atomic E-state index is 0.0518. The van der Waals surface area contributed by atoms with Crippen molar-refractivity contribution in [1.82, 2.24) is 19.6 Å². The molecule has 0 bridgehead atoms. The first kappa shape index (κ1) is 26.2. The van der Waals surface area contributed by atoms with Crippen LogP contribution in [0.3, 0.4) is 0 Å². The van der Waals surface area contributed by atoms with Crippen LogP contribution in [0.5, 0.6) is 0 Å². The minimum atomic E-state index is -0.510. The van der Waals surface area contributed by atoms with Crippen LogP contribution in [-0.4, -0.2) is 74.6 Å². The molecule has 38 heavy (non-hydrogen) atoms. The zero-order valence-electron chi connectivity index (χ0n) is 22.8. The van der Waals surface area contributed by atoms with Gasteiger partial charge in [0.05, 0.1) is 34.2 Å². The zero-order valence-corrected chi connectivity index (χ0v) is 22.8. The number of nitrogens with one attached hydrogen (secondary N) is 1. The SMILES string of the molecule is Cc1nn(-c2ccc(C(N)=O)c(NC3CCN(C(C)C(N)=O)CC3)c2)c2c1C(=O)N(CC1CC1)C(C)(C)C2. The number of anilines is 1. The number of piperidine rings is 1. The number of nitrogens with zero attached hydrogens (tertiary/aromatic N) is 4. The van der Waals surface area contributed by atoms with Crippen molar-refractivity contribution >= 4 is 23.4 Å². The molecule has 0 spiro atoms. The summed E-state index contributed by atoms with van der Waals surface area (Å²) in [6, 6.07) is 5.28. The van der Waals surface area contributed by atoms with Gasteiger partial charge in [0, 0.05) is 43.3 Å². The van der Waals surface area contributed by atoms with Gasteiger partial charge in [0.1, 0.15) is 0 Å². The van der Waals surface area contributed by atoms with Gasteiger partial charge in [-0.05, 0) is 77.5 Å². The predicted octanol–water partition coefficient (Wildman–Crippen LogP) is 2.22. The van der Waals surface area contributed by atoms with Crippen LogP contribution in [0.25, 0.3) is 5.69 Å². The van der Waals surface area contributed by atoms with Gasteiger partial charge in [-0.2, -0.15) is 5.10 Å². The van der Waals surface area contributed by atoms with Crippen LogP contribution in [-0.2, 0) is 11.2 Å². The molecule has 3 aliphatic rings. The molecule has 2 aliphatic heterocycles. The van der Waals surface area contributed by atoms with E-state index in [2.05, 4.69) is 24.1 Å². The van der Waals surface area contributed by atoms with Gasteiger partial charge in [-0.3, -0.25) is 19.3 Å². The number of rotatable bonds is 8. The molecule has 1 aromatic carbocycles. The average molecular weight is 522 g/mol. The fourth-order valence-electron chi connectivity index (χ4n) is 5.86. The van der Waals surface area contributed by atoms with Crippen molar-refractivity contribution in [1.29, 1.82) is 0 Å². The molecule has 1 saturated carbocycles. The quantitative estimate of drug-likeness (QED) is 0.487. The highest BCUT2D eigenvalue weighted by molar-refractivity contribution is 6.00. The van der Waals surface area contributed by atoms with Gasteiger partial charge < -0.3 is 21.7 Å². The van der Waals surface area contributed by atoms with Gasteiger partial charge in [-0.15, -0.1) is 0 Å². The standard InChI is InChI=1S/C28H39N7O3/c1-16-24-23(14-28(3,4)34(27(24)38)15-18-5-6-18)35(32-16)20-7-8-21(26(30)37)22(13-20)31-19-9-11-33(12-10-19)17(2)25(29)36/h7-8,13,17-19,31H,5-6,9-12,14-15H2,1-4H3,(H2,29,36)(H2,30,37). The highest BCUT2D eigenvalue weighted by Crippen LogP contribution is 2.38. The van der Waals surface area contributed by atoms with Gasteiger partial charge in [0.25, 0.3) is 11.8 Å². The van der Waals surface area contributed by atoms with Gasteiger partial charge in [0.15, 0.2) is 0 Å². The Bertz CT molecular complexity index is 1270. The molecular weight excluding hydrogens is 482 g/mol. The Morgan fingerprint density at radius 2 is 1.84 bits per heavy atom. The van der Waals surface area contributed by atoms with Gasteiger partial charge in [-0.25, -0.2) is 4.68 Å². The summed E-state index contributed by atoms with van der Waals surface area (Å²) >= 11 is 0. The number of fused-ring (bicyclic) bond motifs is 1. The Hall–Kier alpha value is -3.40. The molecule has 1 aromatic heterocycles. The van der Waals surface area contributed by atoms with Gasteiger partial charge in [-0.1, -0.05) is 0 Å². The number of aromatic nitrogens is 2. The number of primary amides is 2. The van der Waals surface area contributed by atoms with Crippen LogP contribution in [0.2, 0.25) is 0 Å². The predicted molar refractivity (Wildman–Crippen MR) is 145 cm³/mol. The molecule has 1 aliphatic carbocycles. The van der Waals surface area contributed by atoms with Crippen molar-refractivity contribution in [3.8, 4) is 5.69 Å². The fraction of sp³-hybridized carbons (Fsp3) is 0.571. The lowest BCUT2D eigenvalue weighted by Crippen LogP contribution is -2.53.